The number of hydrogen-bond donors (Lipinski definition) is 2. The van der Waals surface area contributed by atoms with Crippen LogP contribution in [0.5, 0.6) is 0 Å². The summed E-state index contributed by atoms with van der Waals surface area (Å²) in [7, 11) is 0. The van der Waals surface area contributed by atoms with Gasteiger partial charge in [0, 0.05) is 44.5 Å². The van der Waals surface area contributed by atoms with E-state index in [-0.39, 0.29) is 6.61 Å². The number of fused-ring (bicyclic) bond motifs is 1. The van der Waals surface area contributed by atoms with Gasteiger partial charge in [-0.1, -0.05) is 18.2 Å². The smallest absolute Gasteiger partial charge is 0.121 e. The van der Waals surface area contributed by atoms with E-state index in [0.29, 0.717) is 11.7 Å². The second-order valence-electron chi connectivity index (χ2n) is 7.36. The van der Waals surface area contributed by atoms with E-state index in [0.717, 1.165) is 44.8 Å². The van der Waals surface area contributed by atoms with Crippen LogP contribution in [0.15, 0.2) is 36.4 Å². The number of anilines is 1. The maximum atomic E-state index is 9.86. The summed E-state index contributed by atoms with van der Waals surface area (Å²) < 4.78 is 2.01. The molecule has 3 heterocycles. The zero-order valence-corrected chi connectivity index (χ0v) is 15.2. The Kier molecular flexibility index (Phi) is 5.24. The molecule has 6 nitrogen and oxygen atoms in total. The van der Waals surface area contributed by atoms with Crippen LogP contribution in [0.2, 0.25) is 0 Å². The van der Waals surface area contributed by atoms with Crippen molar-refractivity contribution in [1.82, 2.24) is 14.7 Å². The van der Waals surface area contributed by atoms with Crippen molar-refractivity contribution in [3.8, 4) is 0 Å². The van der Waals surface area contributed by atoms with E-state index in [2.05, 4.69) is 45.2 Å². The zero-order chi connectivity index (χ0) is 17.9. The van der Waals surface area contributed by atoms with E-state index in [1.54, 1.807) is 0 Å². The van der Waals surface area contributed by atoms with Crippen LogP contribution in [0.1, 0.15) is 36.8 Å². The molecule has 2 aliphatic heterocycles. The average Bonchev–Trinajstić information content (AvgIpc) is 3.00. The van der Waals surface area contributed by atoms with Crippen LogP contribution in [0.25, 0.3) is 0 Å². The number of para-hydroxylation sites is 1. The molecule has 6 heteroatoms. The molecular weight excluding hydrogens is 328 g/mol. The van der Waals surface area contributed by atoms with Gasteiger partial charge in [-0.05, 0) is 37.5 Å². The Labute approximate surface area is 154 Å². The zero-order valence-electron chi connectivity index (χ0n) is 15.2. The van der Waals surface area contributed by atoms with Gasteiger partial charge in [-0.3, -0.25) is 9.58 Å². The Morgan fingerprint density at radius 2 is 1.85 bits per heavy atom. The highest BCUT2D eigenvalue weighted by Crippen LogP contribution is 2.26. The molecule has 1 atom stereocenters. The van der Waals surface area contributed by atoms with Gasteiger partial charge in [0.15, 0.2) is 0 Å². The third-order valence-electron chi connectivity index (χ3n) is 5.68. The summed E-state index contributed by atoms with van der Waals surface area (Å²) in [5, 5.41) is 23.5. The molecule has 26 heavy (non-hydrogen) atoms. The van der Waals surface area contributed by atoms with E-state index >= 15 is 0 Å². The van der Waals surface area contributed by atoms with Gasteiger partial charge >= 0.3 is 0 Å². The molecule has 0 saturated carbocycles. The fraction of sp³-hybridized carbons (Fsp3) is 0.550. The Balaban J connectivity index is 1.40. The van der Waals surface area contributed by atoms with Crippen molar-refractivity contribution in [3.05, 3.63) is 47.8 Å². The van der Waals surface area contributed by atoms with Gasteiger partial charge in [0.05, 0.1) is 18.0 Å². The number of nitrogens with zero attached hydrogens (tertiary/aromatic N) is 4. The number of aliphatic hydroxyl groups is 2. The molecule has 0 aliphatic carbocycles. The molecule has 0 spiro atoms. The van der Waals surface area contributed by atoms with Crippen molar-refractivity contribution in [1.29, 1.82) is 0 Å². The van der Waals surface area contributed by atoms with Gasteiger partial charge in [-0.25, -0.2) is 0 Å². The number of hydrogen-bond acceptors (Lipinski definition) is 5. The Morgan fingerprint density at radius 1 is 1.08 bits per heavy atom. The first-order chi connectivity index (χ1) is 12.7. The molecular formula is C20H28N4O2. The maximum Gasteiger partial charge on any atom is 0.121 e. The lowest BCUT2D eigenvalue weighted by Gasteiger charge is -2.39. The van der Waals surface area contributed by atoms with Gasteiger partial charge in [0.1, 0.15) is 6.10 Å². The van der Waals surface area contributed by atoms with Crippen molar-refractivity contribution in [2.45, 2.75) is 44.5 Å². The number of aliphatic hydroxyl groups excluding tert-OH is 2. The molecule has 140 valence electrons. The lowest BCUT2D eigenvalue weighted by molar-refractivity contribution is 0.0915. The van der Waals surface area contributed by atoms with Crippen molar-refractivity contribution < 1.29 is 10.2 Å². The molecule has 1 fully saturated rings. The number of benzene rings is 1. The largest absolute Gasteiger partial charge is 0.393 e. The number of rotatable bonds is 4. The van der Waals surface area contributed by atoms with Crippen molar-refractivity contribution in [2.75, 3.05) is 31.1 Å². The molecule has 2 aliphatic rings. The predicted octanol–water partition coefficient (Wildman–Crippen LogP) is 1.78. The predicted molar refractivity (Wildman–Crippen MR) is 101 cm³/mol. The first-order valence-electron chi connectivity index (χ1n) is 9.64. The first kappa shape index (κ1) is 17.5. The van der Waals surface area contributed by atoms with E-state index in [1.165, 1.54) is 18.5 Å². The molecule has 4 rings (SSSR count). The van der Waals surface area contributed by atoms with Crippen LogP contribution in [0.3, 0.4) is 0 Å². The minimum Gasteiger partial charge on any atom is -0.393 e. The summed E-state index contributed by atoms with van der Waals surface area (Å²) >= 11 is 0. The van der Waals surface area contributed by atoms with Crippen LogP contribution < -0.4 is 4.90 Å². The average molecular weight is 356 g/mol. The van der Waals surface area contributed by atoms with Crippen molar-refractivity contribution in [3.63, 3.8) is 0 Å². The monoisotopic (exact) mass is 356 g/mol. The third-order valence-corrected chi connectivity index (χ3v) is 5.68. The number of aryl methyl sites for hydroxylation is 1. The van der Waals surface area contributed by atoms with Crippen molar-refractivity contribution >= 4 is 5.69 Å². The topological polar surface area (TPSA) is 64.8 Å². The first-order valence-corrected chi connectivity index (χ1v) is 9.64. The highest BCUT2D eigenvalue weighted by molar-refractivity contribution is 5.46. The molecule has 2 aromatic rings. The minimum absolute atomic E-state index is 0.280. The lowest BCUT2D eigenvalue weighted by atomic mass is 10.0. The van der Waals surface area contributed by atoms with Crippen LogP contribution in [0, 0.1) is 0 Å². The number of piperidine rings is 1. The van der Waals surface area contributed by atoms with Gasteiger partial charge in [0.2, 0.25) is 0 Å². The molecule has 1 aromatic carbocycles. The number of aromatic nitrogens is 2. The summed E-state index contributed by atoms with van der Waals surface area (Å²) in [5.74, 6) is 0. The highest BCUT2D eigenvalue weighted by atomic mass is 16.3. The highest BCUT2D eigenvalue weighted by Gasteiger charge is 2.27. The van der Waals surface area contributed by atoms with Crippen LogP contribution >= 0.6 is 0 Å². The second kappa shape index (κ2) is 7.78. The minimum atomic E-state index is -0.878. The molecule has 1 unspecified atom stereocenters. The molecule has 0 amide bonds. The van der Waals surface area contributed by atoms with Crippen LogP contribution in [0.4, 0.5) is 5.69 Å². The lowest BCUT2D eigenvalue weighted by Crippen LogP contribution is -2.44. The van der Waals surface area contributed by atoms with E-state index in [4.69, 9.17) is 5.11 Å². The van der Waals surface area contributed by atoms with Gasteiger partial charge in [-0.2, -0.15) is 5.10 Å². The summed E-state index contributed by atoms with van der Waals surface area (Å²) in [6.07, 6.45) is 2.55. The van der Waals surface area contributed by atoms with Crippen LogP contribution in [-0.4, -0.2) is 57.2 Å². The summed E-state index contributed by atoms with van der Waals surface area (Å²) in [5.41, 5.74) is 3.06. The Morgan fingerprint density at radius 3 is 2.58 bits per heavy atom. The van der Waals surface area contributed by atoms with Gasteiger partial charge in [-0.15, -0.1) is 0 Å². The fourth-order valence-corrected chi connectivity index (χ4v) is 4.21. The molecule has 0 radical (unpaired) electrons. The molecule has 0 bridgehead atoms. The van der Waals surface area contributed by atoms with Gasteiger partial charge < -0.3 is 15.1 Å². The third kappa shape index (κ3) is 3.63. The quantitative estimate of drug-likeness (QED) is 0.874. The molecule has 1 aromatic heterocycles. The van der Waals surface area contributed by atoms with Crippen molar-refractivity contribution in [2.24, 2.45) is 0 Å². The fourth-order valence-electron chi connectivity index (χ4n) is 4.21. The van der Waals surface area contributed by atoms with Gasteiger partial charge in [0.25, 0.3) is 0 Å². The van der Waals surface area contributed by atoms with E-state index < -0.39 is 6.10 Å². The summed E-state index contributed by atoms with van der Waals surface area (Å²) in [4.78, 5) is 5.06. The Hall–Kier alpha value is -1.89. The molecule has 1 saturated heterocycles. The maximum absolute atomic E-state index is 9.86. The summed E-state index contributed by atoms with van der Waals surface area (Å²) in [6, 6.07) is 13.2. The summed E-state index contributed by atoms with van der Waals surface area (Å²) in [6.45, 7) is 4.77. The normalized spacial score (nSPS) is 20.6. The van der Waals surface area contributed by atoms with E-state index in [1.807, 2.05) is 10.7 Å². The van der Waals surface area contributed by atoms with Crippen LogP contribution in [-0.2, 0) is 13.1 Å². The molecule has 2 N–H and O–H groups in total. The van der Waals surface area contributed by atoms with E-state index in [9.17, 15) is 5.11 Å². The standard InChI is InChI=1S/C20H28N4O2/c25-15-20(26)19-13-18-14-23(9-4-10-24(18)21-19)17-7-11-22(12-8-17)16-5-2-1-3-6-16/h1-3,5-6,13,17,20,25-26H,4,7-12,14-15H2. The SMILES string of the molecule is OCC(O)c1cc2n(n1)CCCN(C1CCN(c3ccccc3)CC1)C2. The Bertz CT molecular complexity index is 710. The second-order valence-corrected chi connectivity index (χ2v) is 7.36.